The second-order valence-corrected chi connectivity index (χ2v) is 3.08. The van der Waals surface area contributed by atoms with Gasteiger partial charge in [0, 0.05) is 11.8 Å². The lowest BCUT2D eigenvalue weighted by molar-refractivity contribution is 0.112. The van der Waals surface area contributed by atoms with Crippen LogP contribution in [0.5, 0.6) is 11.5 Å². The number of aromatic amines is 1. The van der Waals surface area contributed by atoms with Crippen molar-refractivity contribution in [2.24, 2.45) is 0 Å². The Bertz CT molecular complexity index is 515. The summed E-state index contributed by atoms with van der Waals surface area (Å²) in [4.78, 5) is 13.8. The first-order chi connectivity index (χ1) is 6.90. The minimum Gasteiger partial charge on any atom is -0.454 e. The van der Waals surface area contributed by atoms with Crippen molar-refractivity contribution in [3.05, 3.63) is 23.9 Å². The number of rotatable bonds is 1. The lowest BCUT2D eigenvalue weighted by Crippen LogP contribution is -1.93. The molecule has 4 heteroatoms. The minimum atomic E-state index is 0.220. The number of carbonyl (C=O) groups excluding carboxylic acids is 1. The summed E-state index contributed by atoms with van der Waals surface area (Å²) in [7, 11) is 0. The number of benzene rings is 1. The van der Waals surface area contributed by atoms with Crippen LogP contribution in [-0.4, -0.2) is 18.1 Å². The lowest BCUT2D eigenvalue weighted by atomic mass is 10.1. The van der Waals surface area contributed by atoms with E-state index in [0.29, 0.717) is 17.1 Å². The molecule has 0 bridgehead atoms. The Morgan fingerprint density at radius 3 is 3.14 bits per heavy atom. The second kappa shape index (κ2) is 2.51. The third-order valence-corrected chi connectivity index (χ3v) is 2.34. The van der Waals surface area contributed by atoms with Gasteiger partial charge in [-0.1, -0.05) is 0 Å². The molecule has 1 N–H and O–H groups in total. The molecular weight excluding hydrogens is 182 g/mol. The maximum atomic E-state index is 10.8. The van der Waals surface area contributed by atoms with Crippen LogP contribution in [0.2, 0.25) is 0 Å². The molecule has 1 aliphatic rings. The van der Waals surface area contributed by atoms with Crippen molar-refractivity contribution in [1.82, 2.24) is 4.98 Å². The van der Waals surface area contributed by atoms with E-state index < -0.39 is 0 Å². The number of hydrogen-bond acceptors (Lipinski definition) is 3. The number of carbonyl (C=O) groups is 1. The number of aromatic nitrogens is 1. The van der Waals surface area contributed by atoms with Gasteiger partial charge in [0.15, 0.2) is 17.8 Å². The van der Waals surface area contributed by atoms with Crippen LogP contribution in [0.4, 0.5) is 0 Å². The zero-order valence-corrected chi connectivity index (χ0v) is 7.24. The first-order valence-corrected chi connectivity index (χ1v) is 4.25. The van der Waals surface area contributed by atoms with Gasteiger partial charge in [0.25, 0.3) is 0 Å². The van der Waals surface area contributed by atoms with Crippen LogP contribution < -0.4 is 9.47 Å². The van der Waals surface area contributed by atoms with Crippen LogP contribution in [0.1, 0.15) is 10.4 Å². The monoisotopic (exact) mass is 189 g/mol. The summed E-state index contributed by atoms with van der Waals surface area (Å²) in [5, 5.41) is 0.801. The molecule has 0 unspecified atom stereocenters. The molecule has 70 valence electrons. The van der Waals surface area contributed by atoms with E-state index in [2.05, 4.69) is 4.98 Å². The molecule has 0 amide bonds. The van der Waals surface area contributed by atoms with Crippen molar-refractivity contribution >= 4 is 17.2 Å². The minimum absolute atomic E-state index is 0.220. The number of ether oxygens (including phenoxy) is 2. The number of hydrogen-bond donors (Lipinski definition) is 1. The van der Waals surface area contributed by atoms with Gasteiger partial charge < -0.3 is 14.5 Å². The second-order valence-electron chi connectivity index (χ2n) is 3.08. The van der Waals surface area contributed by atoms with E-state index in [9.17, 15) is 4.79 Å². The Morgan fingerprint density at radius 1 is 1.36 bits per heavy atom. The first kappa shape index (κ1) is 7.44. The average molecular weight is 189 g/mol. The number of fused-ring (bicyclic) bond motifs is 3. The number of nitrogens with one attached hydrogen (secondary N) is 1. The molecule has 14 heavy (non-hydrogen) atoms. The maximum Gasteiger partial charge on any atom is 0.231 e. The van der Waals surface area contributed by atoms with Gasteiger partial charge in [-0.05, 0) is 12.1 Å². The van der Waals surface area contributed by atoms with E-state index in [-0.39, 0.29) is 6.79 Å². The molecule has 3 rings (SSSR count). The molecule has 1 aliphatic heterocycles. The summed E-state index contributed by atoms with van der Waals surface area (Å²) < 4.78 is 10.5. The van der Waals surface area contributed by atoms with Gasteiger partial charge in [-0.2, -0.15) is 0 Å². The quantitative estimate of drug-likeness (QED) is 0.695. The third-order valence-electron chi connectivity index (χ3n) is 2.34. The molecule has 2 heterocycles. The summed E-state index contributed by atoms with van der Waals surface area (Å²) >= 11 is 0. The predicted molar refractivity (Wildman–Crippen MR) is 49.8 cm³/mol. The van der Waals surface area contributed by atoms with E-state index >= 15 is 0 Å². The van der Waals surface area contributed by atoms with E-state index in [1.165, 1.54) is 0 Å². The lowest BCUT2D eigenvalue weighted by Gasteiger charge is -1.97. The molecule has 1 aromatic carbocycles. The molecular formula is C10H7NO3. The molecule has 0 atom stereocenters. The van der Waals surface area contributed by atoms with E-state index in [1.54, 1.807) is 6.20 Å². The van der Waals surface area contributed by atoms with Crippen molar-refractivity contribution in [2.75, 3.05) is 6.79 Å². The van der Waals surface area contributed by atoms with E-state index in [0.717, 1.165) is 17.2 Å². The summed E-state index contributed by atoms with van der Waals surface area (Å²) in [6.45, 7) is 0.220. The fourth-order valence-electron chi connectivity index (χ4n) is 1.70. The van der Waals surface area contributed by atoms with Crippen LogP contribution >= 0.6 is 0 Å². The van der Waals surface area contributed by atoms with Crippen molar-refractivity contribution in [2.45, 2.75) is 0 Å². The van der Waals surface area contributed by atoms with Crippen molar-refractivity contribution in [1.29, 1.82) is 0 Å². The summed E-state index contributed by atoms with van der Waals surface area (Å²) in [6.07, 6.45) is 2.47. The van der Waals surface area contributed by atoms with Gasteiger partial charge in [0.1, 0.15) is 0 Å². The molecule has 1 aromatic heterocycles. The van der Waals surface area contributed by atoms with E-state index in [4.69, 9.17) is 9.47 Å². The van der Waals surface area contributed by atoms with Crippen molar-refractivity contribution < 1.29 is 14.3 Å². The Kier molecular flexibility index (Phi) is 1.33. The molecule has 0 spiro atoms. The topological polar surface area (TPSA) is 51.3 Å². The zero-order valence-electron chi connectivity index (χ0n) is 7.24. The van der Waals surface area contributed by atoms with Gasteiger partial charge in [-0.25, -0.2) is 0 Å². The normalized spacial score (nSPS) is 13.4. The first-order valence-electron chi connectivity index (χ1n) is 4.25. The highest BCUT2D eigenvalue weighted by Gasteiger charge is 2.19. The fourth-order valence-corrected chi connectivity index (χ4v) is 1.70. The zero-order chi connectivity index (χ0) is 9.54. The maximum absolute atomic E-state index is 10.8. The molecule has 0 radical (unpaired) electrons. The van der Waals surface area contributed by atoms with Crippen molar-refractivity contribution in [3.63, 3.8) is 0 Å². The van der Waals surface area contributed by atoms with Gasteiger partial charge in [-0.15, -0.1) is 0 Å². The summed E-state index contributed by atoms with van der Waals surface area (Å²) in [5.41, 5.74) is 1.48. The van der Waals surface area contributed by atoms with Crippen LogP contribution in [0.15, 0.2) is 18.3 Å². The van der Waals surface area contributed by atoms with Crippen LogP contribution in [-0.2, 0) is 0 Å². The summed E-state index contributed by atoms with van der Waals surface area (Å²) in [6, 6.07) is 3.70. The van der Waals surface area contributed by atoms with Crippen molar-refractivity contribution in [3.8, 4) is 11.5 Å². The van der Waals surface area contributed by atoms with Gasteiger partial charge in [0.05, 0.1) is 10.9 Å². The largest absolute Gasteiger partial charge is 0.454 e. The standard InChI is InChI=1S/C10H7NO3/c12-4-6-3-11-7-1-2-8-10(9(6)7)14-5-13-8/h1-4,11H,5H2. The predicted octanol–water partition coefficient (Wildman–Crippen LogP) is 1.71. The third kappa shape index (κ3) is 0.797. The van der Waals surface area contributed by atoms with Crippen LogP contribution in [0, 0.1) is 0 Å². The molecule has 0 fully saturated rings. The Hall–Kier alpha value is -1.97. The molecule has 0 saturated carbocycles. The number of aldehydes is 1. The molecule has 0 saturated heterocycles. The highest BCUT2D eigenvalue weighted by atomic mass is 16.7. The van der Waals surface area contributed by atoms with Crippen LogP contribution in [0.3, 0.4) is 0 Å². The van der Waals surface area contributed by atoms with E-state index in [1.807, 2.05) is 12.1 Å². The Morgan fingerprint density at radius 2 is 2.29 bits per heavy atom. The Balaban J connectivity index is 2.44. The van der Waals surface area contributed by atoms with Crippen LogP contribution in [0.25, 0.3) is 10.9 Å². The van der Waals surface area contributed by atoms with Gasteiger partial charge in [0.2, 0.25) is 6.79 Å². The fraction of sp³-hybridized carbons (Fsp3) is 0.100. The highest BCUT2D eigenvalue weighted by molar-refractivity contribution is 6.02. The highest BCUT2D eigenvalue weighted by Crippen LogP contribution is 2.40. The van der Waals surface area contributed by atoms with Gasteiger partial charge >= 0.3 is 0 Å². The van der Waals surface area contributed by atoms with Gasteiger partial charge in [-0.3, -0.25) is 4.79 Å². The smallest absolute Gasteiger partial charge is 0.231 e. The molecule has 4 nitrogen and oxygen atoms in total. The summed E-state index contributed by atoms with van der Waals surface area (Å²) in [5.74, 6) is 1.35. The molecule has 0 aliphatic carbocycles. The SMILES string of the molecule is O=Cc1c[nH]c2ccc3c(c12)OCO3. The average Bonchev–Trinajstić information content (AvgIpc) is 2.82. The molecule has 2 aromatic rings. The Labute approximate surface area is 79.4 Å². The number of H-pyrrole nitrogens is 1.